The second-order valence-electron chi connectivity index (χ2n) is 0. The molecule has 0 saturated carbocycles. The van der Waals surface area contributed by atoms with E-state index in [1.54, 1.807) is 0 Å². The van der Waals surface area contributed by atoms with Crippen LogP contribution in [0, 0.1) is 59.2 Å². The van der Waals surface area contributed by atoms with Crippen molar-refractivity contribution in [3.8, 4) is 0 Å². The van der Waals surface area contributed by atoms with Gasteiger partial charge in [0.2, 0.25) is 0 Å². The standard InChI is InChI=1S/5CN.Ni/c5*1-2;/q5*-1;. The van der Waals surface area contributed by atoms with Crippen molar-refractivity contribution in [3.63, 3.8) is 0 Å². The van der Waals surface area contributed by atoms with Crippen LogP contribution in [-0.4, -0.2) is 0 Å². The van der Waals surface area contributed by atoms with Gasteiger partial charge in [0.05, 0.1) is 0 Å². The van der Waals surface area contributed by atoms with E-state index in [4.69, 9.17) is 59.2 Å². The number of hydrogen-bond acceptors (Lipinski definition) is 5. The maximum Gasteiger partial charge on any atom is 0 e. The third-order valence-corrected chi connectivity index (χ3v) is 0. The minimum Gasteiger partial charge on any atom is -0.512 e. The molecule has 0 heterocycles. The molecule has 0 spiro atoms. The molecule has 6 heteroatoms. The monoisotopic (exact) mass is 188 g/mol. The van der Waals surface area contributed by atoms with E-state index in [1.807, 2.05) is 0 Å². The van der Waals surface area contributed by atoms with Gasteiger partial charge in [-0.25, -0.2) is 0 Å². The molecule has 0 atom stereocenters. The maximum absolute atomic E-state index is 6.25. The summed E-state index contributed by atoms with van der Waals surface area (Å²) in [5.74, 6) is 0. The van der Waals surface area contributed by atoms with E-state index in [9.17, 15) is 0 Å². The van der Waals surface area contributed by atoms with Crippen molar-refractivity contribution in [2.45, 2.75) is 0 Å². The van der Waals surface area contributed by atoms with Crippen molar-refractivity contribution in [3.05, 3.63) is 32.9 Å². The van der Waals surface area contributed by atoms with E-state index < -0.39 is 0 Å². The van der Waals surface area contributed by atoms with Gasteiger partial charge >= 0.3 is 0 Å². The first-order valence-electron chi connectivity index (χ1n) is 1.12. The van der Waals surface area contributed by atoms with Crippen molar-refractivity contribution in [2.24, 2.45) is 0 Å². The Labute approximate surface area is 76.2 Å². The van der Waals surface area contributed by atoms with Gasteiger partial charge < -0.3 is 59.2 Å². The second kappa shape index (κ2) is 90.6. The maximum atomic E-state index is 6.25. The van der Waals surface area contributed by atoms with Crippen LogP contribution in [0.4, 0.5) is 0 Å². The van der Waals surface area contributed by atoms with E-state index in [1.165, 1.54) is 0 Å². The largest absolute Gasteiger partial charge is 0.512 e. The molecule has 0 amide bonds. The Morgan fingerprint density at radius 1 is 0.364 bits per heavy atom. The van der Waals surface area contributed by atoms with Crippen LogP contribution in [0.5, 0.6) is 0 Å². The molecule has 0 aliphatic rings. The Balaban J connectivity index is -0.00000000694. The zero-order valence-electron chi connectivity index (χ0n) is 5.05. The van der Waals surface area contributed by atoms with Gasteiger partial charge in [-0.1, -0.05) is 0 Å². The first kappa shape index (κ1) is 65.1. The van der Waals surface area contributed by atoms with Gasteiger partial charge in [-0.3, -0.25) is 0 Å². The smallest absolute Gasteiger partial charge is 0 e. The summed E-state index contributed by atoms with van der Waals surface area (Å²) in [5.41, 5.74) is 0. The molecule has 0 fully saturated rings. The first-order valence-corrected chi connectivity index (χ1v) is 1.12. The summed E-state index contributed by atoms with van der Waals surface area (Å²) in [6.07, 6.45) is 0. The Morgan fingerprint density at radius 3 is 0.364 bits per heavy atom. The van der Waals surface area contributed by atoms with Crippen molar-refractivity contribution < 1.29 is 16.5 Å². The summed E-state index contributed by atoms with van der Waals surface area (Å²) in [6, 6.07) is 0. The van der Waals surface area contributed by atoms with Crippen LogP contribution in [0.3, 0.4) is 0 Å². The molecule has 11 heavy (non-hydrogen) atoms. The van der Waals surface area contributed by atoms with Crippen molar-refractivity contribution in [2.75, 3.05) is 0 Å². The zero-order valence-corrected chi connectivity index (χ0v) is 6.04. The third kappa shape index (κ3) is 66.4. The molecule has 0 N–H and O–H groups in total. The fourth-order valence-corrected chi connectivity index (χ4v) is 0. The first-order chi connectivity index (χ1) is 5.00. The quantitative estimate of drug-likeness (QED) is 0.405. The number of nitrogens with zero attached hydrogens (tertiary/aromatic N) is 5. The van der Waals surface area contributed by atoms with Crippen molar-refractivity contribution in [1.29, 1.82) is 26.3 Å². The molecule has 0 bridgehead atoms. The SMILES string of the molecule is [C-]#N.[C-]#N.[C-]#N.[C-]#N.[C-]#N.[Ni]. The molecule has 0 rings (SSSR count). The average molecular weight is 189 g/mol. The van der Waals surface area contributed by atoms with Gasteiger partial charge in [0.25, 0.3) is 0 Å². The average Bonchev–Trinajstić information content (AvgIpc) is 2.20. The molecule has 0 unspecified atom stereocenters. The second-order valence-corrected chi connectivity index (χ2v) is 0. The molecule has 60 valence electrons. The van der Waals surface area contributed by atoms with Gasteiger partial charge in [0.15, 0.2) is 0 Å². The van der Waals surface area contributed by atoms with E-state index >= 15 is 0 Å². The third-order valence-electron chi connectivity index (χ3n) is 0. The Bertz CT molecular complexity index is 73.4. The summed E-state index contributed by atoms with van der Waals surface area (Å²) in [4.78, 5) is 0. The molecule has 0 aromatic rings. The fraction of sp³-hybridized carbons (Fsp3) is 0. The van der Waals surface area contributed by atoms with Crippen LogP contribution in [0.25, 0.3) is 0 Å². The molecule has 0 saturated heterocycles. The molecule has 0 aromatic heterocycles. The molecule has 0 aliphatic heterocycles. The summed E-state index contributed by atoms with van der Waals surface area (Å²) in [7, 11) is 0. The topological polar surface area (TPSA) is 119 Å². The predicted molar refractivity (Wildman–Crippen MR) is 24.8 cm³/mol. The summed E-state index contributed by atoms with van der Waals surface area (Å²) in [6.45, 7) is 23.8. The summed E-state index contributed by atoms with van der Waals surface area (Å²) >= 11 is 0. The van der Waals surface area contributed by atoms with E-state index in [0.29, 0.717) is 0 Å². The van der Waals surface area contributed by atoms with Crippen LogP contribution in [0.2, 0.25) is 0 Å². The summed E-state index contributed by atoms with van der Waals surface area (Å²) in [5, 5.41) is 31.2. The van der Waals surface area contributed by atoms with E-state index in [-0.39, 0.29) is 16.5 Å². The van der Waals surface area contributed by atoms with Gasteiger partial charge in [-0.05, 0) is 0 Å². The Morgan fingerprint density at radius 2 is 0.364 bits per heavy atom. The van der Waals surface area contributed by atoms with Crippen LogP contribution in [0.1, 0.15) is 0 Å². The fourth-order valence-electron chi connectivity index (χ4n) is 0. The normalized spacial score (nSPS) is 0.909. The number of rotatable bonds is 0. The van der Waals surface area contributed by atoms with E-state index in [0.717, 1.165) is 0 Å². The molecule has 0 aliphatic carbocycles. The minimum absolute atomic E-state index is 0. The van der Waals surface area contributed by atoms with E-state index in [2.05, 4.69) is 0 Å². The molecular weight excluding hydrogens is 189 g/mol. The van der Waals surface area contributed by atoms with Gasteiger partial charge in [-0.2, -0.15) is 0 Å². The zero-order chi connectivity index (χ0) is 10.0. The Kier molecular flexibility index (Phi) is 536. The number of hydrogen-bond donors (Lipinski definition) is 0. The van der Waals surface area contributed by atoms with Gasteiger partial charge in [-0.15, -0.1) is 0 Å². The minimum atomic E-state index is 0. The van der Waals surface area contributed by atoms with Crippen LogP contribution >= 0.6 is 0 Å². The van der Waals surface area contributed by atoms with Crippen LogP contribution < -0.4 is 0 Å². The van der Waals surface area contributed by atoms with Crippen molar-refractivity contribution in [1.82, 2.24) is 0 Å². The van der Waals surface area contributed by atoms with Gasteiger partial charge in [0.1, 0.15) is 0 Å². The molecular formula is C5N5Ni-5. The predicted octanol–water partition coefficient (Wildman–Crippen LogP) is 0.479. The van der Waals surface area contributed by atoms with Crippen molar-refractivity contribution >= 4 is 0 Å². The molecule has 0 radical (unpaired) electrons. The van der Waals surface area contributed by atoms with Crippen LogP contribution in [-0.2, 0) is 16.5 Å². The molecule has 5 nitrogen and oxygen atoms in total. The summed E-state index contributed by atoms with van der Waals surface area (Å²) < 4.78 is 0. The Hall–Kier alpha value is -2.06. The van der Waals surface area contributed by atoms with Gasteiger partial charge in [0, 0.05) is 16.5 Å². The van der Waals surface area contributed by atoms with Crippen LogP contribution in [0.15, 0.2) is 0 Å². The molecule has 0 aromatic carbocycles.